The van der Waals surface area contributed by atoms with E-state index in [-0.39, 0.29) is 17.7 Å². The van der Waals surface area contributed by atoms with E-state index < -0.39 is 22.8 Å². The molecule has 1 atom stereocenters. The number of halogens is 3. The molecule has 2 saturated carbocycles. The molecule has 0 spiro atoms. The maximum atomic E-state index is 13.7. The van der Waals surface area contributed by atoms with Gasteiger partial charge >= 0.3 is 6.18 Å². The summed E-state index contributed by atoms with van der Waals surface area (Å²) in [6, 6.07) is 12.0. The van der Waals surface area contributed by atoms with Gasteiger partial charge in [-0.25, -0.2) is 0 Å². The molecule has 2 aliphatic carbocycles. The Labute approximate surface area is 251 Å². The smallest absolute Gasteiger partial charge is 0.385 e. The quantitative estimate of drug-likeness (QED) is 0.430. The molecular formula is C34H42F3N3O3. The lowest BCUT2D eigenvalue weighted by atomic mass is 9.59. The van der Waals surface area contributed by atoms with Crippen LogP contribution in [0.4, 0.5) is 18.9 Å². The number of benzene rings is 2. The maximum Gasteiger partial charge on any atom is 0.416 e. The van der Waals surface area contributed by atoms with E-state index in [0.717, 1.165) is 43.2 Å². The highest BCUT2D eigenvalue weighted by molar-refractivity contribution is 5.94. The van der Waals surface area contributed by atoms with Crippen molar-refractivity contribution in [3.05, 3.63) is 64.7 Å². The predicted octanol–water partition coefficient (Wildman–Crippen LogP) is 6.37. The van der Waals surface area contributed by atoms with Crippen LogP contribution in [0.3, 0.4) is 0 Å². The summed E-state index contributed by atoms with van der Waals surface area (Å²) in [4.78, 5) is 29.4. The first-order chi connectivity index (χ1) is 20.6. The Balaban J connectivity index is 1.28. The van der Waals surface area contributed by atoms with Gasteiger partial charge in [0.25, 0.3) is 11.8 Å². The minimum atomic E-state index is -4.41. The molecule has 2 aromatic carbocycles. The van der Waals surface area contributed by atoms with E-state index in [2.05, 4.69) is 5.32 Å². The van der Waals surface area contributed by atoms with Gasteiger partial charge in [0.15, 0.2) is 0 Å². The number of nitrogens with one attached hydrogen (secondary N) is 1. The van der Waals surface area contributed by atoms with E-state index in [1.165, 1.54) is 37.8 Å². The van der Waals surface area contributed by atoms with Gasteiger partial charge in [0.05, 0.1) is 5.56 Å². The molecule has 0 bridgehead atoms. The normalized spacial score (nSPS) is 24.7. The predicted molar refractivity (Wildman–Crippen MR) is 159 cm³/mol. The fraction of sp³-hybridized carbons (Fsp3) is 0.588. The van der Waals surface area contributed by atoms with E-state index in [9.17, 15) is 27.9 Å². The van der Waals surface area contributed by atoms with Crippen LogP contribution in [0.1, 0.15) is 97.7 Å². The summed E-state index contributed by atoms with van der Waals surface area (Å²) < 4.78 is 41.0. The van der Waals surface area contributed by atoms with Gasteiger partial charge in [0.2, 0.25) is 0 Å². The Kier molecular flexibility index (Phi) is 8.22. The number of anilines is 1. The van der Waals surface area contributed by atoms with Gasteiger partial charge in [0.1, 0.15) is 5.60 Å². The molecule has 2 aromatic rings. The maximum absolute atomic E-state index is 13.7. The van der Waals surface area contributed by atoms with Gasteiger partial charge in [-0.2, -0.15) is 13.2 Å². The summed E-state index contributed by atoms with van der Waals surface area (Å²) in [5.74, 6) is -0.0405. The fourth-order valence-electron chi connectivity index (χ4n) is 7.70. The van der Waals surface area contributed by atoms with Gasteiger partial charge in [-0.1, -0.05) is 56.7 Å². The number of nitrogens with zero attached hydrogens (tertiary/aromatic N) is 2. The molecule has 0 radical (unpaired) electrons. The average molecular weight is 598 g/mol. The van der Waals surface area contributed by atoms with Crippen LogP contribution in [0.15, 0.2) is 42.5 Å². The minimum absolute atomic E-state index is 0.0965. The van der Waals surface area contributed by atoms with Crippen molar-refractivity contribution in [1.82, 2.24) is 9.80 Å². The third kappa shape index (κ3) is 5.89. The lowest BCUT2D eigenvalue weighted by Crippen LogP contribution is -2.53. The van der Waals surface area contributed by atoms with Crippen molar-refractivity contribution in [1.29, 1.82) is 0 Å². The SMILES string of the molecule is O=C(c1ccc(C2(C3CCCCCCCC3)CCNc3cc(C(F)(F)F)ccc32)cc1)N1CCN(C(=O)C2(O)CC2)CC1. The molecule has 6 rings (SSSR count). The Morgan fingerprint density at radius 3 is 2.02 bits per heavy atom. The summed E-state index contributed by atoms with van der Waals surface area (Å²) >= 11 is 0. The summed E-state index contributed by atoms with van der Waals surface area (Å²) in [6.45, 7) is 2.21. The molecule has 4 aliphatic rings. The molecule has 9 heteroatoms. The Bertz CT molecular complexity index is 1320. The highest BCUT2D eigenvalue weighted by atomic mass is 19.4. The molecule has 2 N–H and O–H groups in total. The number of carbonyl (C=O) groups excluding carboxylic acids is 2. The largest absolute Gasteiger partial charge is 0.416 e. The summed E-state index contributed by atoms with van der Waals surface area (Å²) in [5, 5.41) is 13.5. The molecule has 2 amide bonds. The molecule has 2 aliphatic heterocycles. The Morgan fingerprint density at radius 2 is 1.42 bits per heavy atom. The van der Waals surface area contributed by atoms with E-state index >= 15 is 0 Å². The third-order valence-corrected chi connectivity index (χ3v) is 10.3. The van der Waals surface area contributed by atoms with E-state index in [0.29, 0.717) is 56.8 Å². The van der Waals surface area contributed by atoms with E-state index in [4.69, 9.17) is 0 Å². The zero-order valence-corrected chi connectivity index (χ0v) is 24.7. The number of rotatable bonds is 4. The molecule has 6 nitrogen and oxygen atoms in total. The Hall–Kier alpha value is -3.07. The van der Waals surface area contributed by atoms with Crippen LogP contribution in [0.2, 0.25) is 0 Å². The van der Waals surface area contributed by atoms with Crippen molar-refractivity contribution >= 4 is 17.5 Å². The molecule has 3 fully saturated rings. The van der Waals surface area contributed by atoms with E-state index in [1.54, 1.807) is 15.9 Å². The number of aliphatic hydroxyl groups is 1. The zero-order chi connectivity index (χ0) is 30.2. The van der Waals surface area contributed by atoms with Gasteiger partial charge < -0.3 is 20.2 Å². The van der Waals surface area contributed by atoms with Crippen LogP contribution in [-0.2, 0) is 16.4 Å². The van der Waals surface area contributed by atoms with Crippen LogP contribution >= 0.6 is 0 Å². The number of hydrogen-bond donors (Lipinski definition) is 2. The number of piperazine rings is 1. The minimum Gasteiger partial charge on any atom is -0.385 e. The molecule has 0 aromatic heterocycles. The highest BCUT2D eigenvalue weighted by Crippen LogP contribution is 2.52. The highest BCUT2D eigenvalue weighted by Gasteiger charge is 2.50. The van der Waals surface area contributed by atoms with Crippen molar-refractivity contribution in [3.8, 4) is 0 Å². The van der Waals surface area contributed by atoms with Gasteiger partial charge in [-0.3, -0.25) is 9.59 Å². The summed E-state index contributed by atoms with van der Waals surface area (Å²) in [6.07, 6.45) is 6.47. The number of hydrogen-bond acceptors (Lipinski definition) is 4. The monoisotopic (exact) mass is 597 g/mol. The molecule has 1 saturated heterocycles. The topological polar surface area (TPSA) is 72.9 Å². The van der Waals surface area contributed by atoms with Crippen LogP contribution in [0.5, 0.6) is 0 Å². The van der Waals surface area contributed by atoms with E-state index in [1.807, 2.05) is 24.3 Å². The van der Waals surface area contributed by atoms with Crippen molar-refractivity contribution in [2.24, 2.45) is 5.92 Å². The molecule has 1 unspecified atom stereocenters. The standard InChI is InChI=1S/C34H42F3N3O3/c35-34(36,37)27-13-14-28-29(23-27)38-18-17-33(28,25-7-5-3-1-2-4-6-8-25)26-11-9-24(10-12-26)30(41)39-19-21-40(22-20-39)31(42)32(43)15-16-32/h9-14,23,25,38,43H,1-8,15-22H2. The Morgan fingerprint density at radius 1 is 0.814 bits per heavy atom. The van der Waals surface area contributed by atoms with Crippen LogP contribution < -0.4 is 5.32 Å². The van der Waals surface area contributed by atoms with Crippen molar-refractivity contribution in [2.75, 3.05) is 38.0 Å². The van der Waals surface area contributed by atoms with Crippen molar-refractivity contribution in [3.63, 3.8) is 0 Å². The lowest BCUT2D eigenvalue weighted by Gasteiger charge is -2.46. The van der Waals surface area contributed by atoms with Crippen LogP contribution in [-0.4, -0.2) is 65.0 Å². The van der Waals surface area contributed by atoms with Crippen LogP contribution in [0, 0.1) is 5.92 Å². The van der Waals surface area contributed by atoms with Crippen molar-refractivity contribution in [2.45, 2.75) is 87.8 Å². The lowest BCUT2D eigenvalue weighted by molar-refractivity contribution is -0.144. The number of carbonyl (C=O) groups is 2. The first-order valence-corrected chi connectivity index (χ1v) is 16.0. The molecule has 43 heavy (non-hydrogen) atoms. The number of alkyl halides is 3. The molecule has 232 valence electrons. The number of amides is 2. The molecule has 2 heterocycles. The first kappa shape index (κ1) is 30.0. The first-order valence-electron chi connectivity index (χ1n) is 16.0. The fourth-order valence-corrected chi connectivity index (χ4v) is 7.70. The average Bonchev–Trinajstić information content (AvgIpc) is 3.74. The second-order valence-corrected chi connectivity index (χ2v) is 13.0. The summed E-state index contributed by atoms with van der Waals surface area (Å²) in [7, 11) is 0. The van der Waals surface area contributed by atoms with Gasteiger partial charge in [0, 0.05) is 49.4 Å². The zero-order valence-electron chi connectivity index (χ0n) is 24.7. The molecular weight excluding hydrogens is 555 g/mol. The third-order valence-electron chi connectivity index (χ3n) is 10.3. The number of fused-ring (bicyclic) bond motifs is 1. The summed E-state index contributed by atoms with van der Waals surface area (Å²) in [5.41, 5.74) is 0.830. The van der Waals surface area contributed by atoms with Gasteiger partial charge in [-0.15, -0.1) is 0 Å². The van der Waals surface area contributed by atoms with Gasteiger partial charge in [-0.05, 0) is 73.4 Å². The van der Waals surface area contributed by atoms with Crippen molar-refractivity contribution < 1.29 is 27.9 Å². The second-order valence-electron chi connectivity index (χ2n) is 13.0. The second kappa shape index (κ2) is 11.8. The van der Waals surface area contributed by atoms with Crippen LogP contribution in [0.25, 0.3) is 0 Å².